The van der Waals surface area contributed by atoms with Gasteiger partial charge >= 0.3 is 0 Å². The number of aromatic nitrogens is 3. The molecule has 1 amide bonds. The third-order valence-electron chi connectivity index (χ3n) is 4.66. The van der Waals surface area contributed by atoms with Crippen molar-refractivity contribution in [3.05, 3.63) is 62.8 Å². The van der Waals surface area contributed by atoms with Crippen LogP contribution < -0.4 is 10.1 Å². The van der Waals surface area contributed by atoms with Crippen LogP contribution in [0.15, 0.2) is 46.0 Å². The van der Waals surface area contributed by atoms with Crippen molar-refractivity contribution in [2.75, 3.05) is 11.1 Å². The van der Waals surface area contributed by atoms with E-state index in [0.717, 1.165) is 21.3 Å². The molecule has 1 N–H and O–H groups in total. The summed E-state index contributed by atoms with van der Waals surface area (Å²) in [7, 11) is 0. The second-order valence-corrected chi connectivity index (χ2v) is 9.29. The Labute approximate surface area is 199 Å². The fraction of sp³-hybridized carbons (Fsp3) is 0.318. The number of benzene rings is 2. The number of nitrogens with zero attached hydrogens (tertiary/aromatic N) is 3. The topological polar surface area (TPSA) is 69.0 Å². The first-order chi connectivity index (χ1) is 14.8. The van der Waals surface area contributed by atoms with Crippen molar-refractivity contribution in [2.24, 2.45) is 0 Å². The molecule has 0 aliphatic carbocycles. The van der Waals surface area contributed by atoms with Gasteiger partial charge < -0.3 is 14.6 Å². The Morgan fingerprint density at radius 3 is 2.58 bits per heavy atom. The highest BCUT2D eigenvalue weighted by Gasteiger charge is 2.20. The Morgan fingerprint density at radius 1 is 1.26 bits per heavy atom. The zero-order valence-corrected chi connectivity index (χ0v) is 20.9. The quantitative estimate of drug-likeness (QED) is 0.356. The highest BCUT2D eigenvalue weighted by Crippen LogP contribution is 2.30. The molecule has 0 unspecified atom stereocenters. The number of hydrogen-bond acceptors (Lipinski definition) is 5. The first-order valence-corrected chi connectivity index (χ1v) is 12.0. The molecule has 0 bridgehead atoms. The standard InChI is InChI=1S/C22H24BrClN4O2S/c1-5-28-21(15(4)30-18-9-7-6-8-17(18)24)26-27-22(28)31-12-19(29)25-20-13(2)10-16(23)11-14(20)3/h6-11,15H,5,12H2,1-4H3,(H,25,29)/t15-/m1/s1. The lowest BCUT2D eigenvalue weighted by Crippen LogP contribution is -2.17. The van der Waals surface area contributed by atoms with Crippen molar-refractivity contribution in [3.8, 4) is 5.75 Å². The van der Waals surface area contributed by atoms with Gasteiger partial charge in [-0.25, -0.2) is 0 Å². The molecule has 0 radical (unpaired) electrons. The van der Waals surface area contributed by atoms with Crippen molar-refractivity contribution < 1.29 is 9.53 Å². The predicted molar refractivity (Wildman–Crippen MR) is 129 cm³/mol. The summed E-state index contributed by atoms with van der Waals surface area (Å²) in [5.74, 6) is 1.42. The third-order valence-corrected chi connectivity index (χ3v) is 6.40. The molecular weight excluding hydrogens is 500 g/mol. The van der Waals surface area contributed by atoms with Gasteiger partial charge in [0, 0.05) is 16.7 Å². The van der Waals surface area contributed by atoms with E-state index in [9.17, 15) is 4.79 Å². The Hall–Kier alpha value is -2.03. The molecular formula is C22H24BrClN4O2S. The van der Waals surface area contributed by atoms with Crippen LogP contribution >= 0.6 is 39.3 Å². The van der Waals surface area contributed by atoms with Crippen LogP contribution in [0.1, 0.15) is 36.9 Å². The Kier molecular flexibility index (Phi) is 8.02. The van der Waals surface area contributed by atoms with Crippen LogP contribution in [-0.4, -0.2) is 26.4 Å². The van der Waals surface area contributed by atoms with Crippen LogP contribution in [0, 0.1) is 13.8 Å². The van der Waals surface area contributed by atoms with Crippen LogP contribution in [0.2, 0.25) is 5.02 Å². The summed E-state index contributed by atoms with van der Waals surface area (Å²) in [6.07, 6.45) is -0.344. The van der Waals surface area contributed by atoms with Gasteiger partial charge in [0.05, 0.1) is 10.8 Å². The number of rotatable bonds is 8. The van der Waals surface area contributed by atoms with Gasteiger partial charge in [-0.1, -0.05) is 51.4 Å². The summed E-state index contributed by atoms with van der Waals surface area (Å²) in [5, 5.41) is 12.8. The lowest BCUT2D eigenvalue weighted by atomic mass is 10.1. The molecule has 0 aliphatic heterocycles. The molecule has 164 valence electrons. The molecule has 0 saturated heterocycles. The third kappa shape index (κ3) is 5.81. The van der Waals surface area contributed by atoms with Crippen molar-refractivity contribution >= 4 is 50.9 Å². The second-order valence-electron chi connectivity index (χ2n) is 7.03. The minimum atomic E-state index is -0.344. The van der Waals surface area contributed by atoms with Crippen LogP contribution in [-0.2, 0) is 11.3 Å². The average molecular weight is 524 g/mol. The molecule has 31 heavy (non-hydrogen) atoms. The lowest BCUT2D eigenvalue weighted by molar-refractivity contribution is -0.113. The number of halogens is 2. The maximum Gasteiger partial charge on any atom is 0.234 e. The smallest absolute Gasteiger partial charge is 0.234 e. The SMILES string of the molecule is CCn1c(SCC(=O)Nc2c(C)cc(Br)cc2C)nnc1[C@@H](C)Oc1ccccc1Cl. The van der Waals surface area contributed by atoms with Crippen LogP contribution in [0.3, 0.4) is 0 Å². The molecule has 0 aliphatic rings. The van der Waals surface area contributed by atoms with Gasteiger partial charge in [0.15, 0.2) is 17.1 Å². The largest absolute Gasteiger partial charge is 0.481 e. The molecule has 0 fully saturated rings. The summed E-state index contributed by atoms with van der Waals surface area (Å²) in [6, 6.07) is 11.3. The van der Waals surface area contributed by atoms with E-state index in [-0.39, 0.29) is 17.8 Å². The van der Waals surface area contributed by atoms with Crippen molar-refractivity contribution in [3.63, 3.8) is 0 Å². The number of anilines is 1. The van der Waals surface area contributed by atoms with Gasteiger partial charge in [-0.05, 0) is 63.1 Å². The van der Waals surface area contributed by atoms with Gasteiger partial charge in [-0.3, -0.25) is 4.79 Å². The lowest BCUT2D eigenvalue weighted by Gasteiger charge is -2.16. The van der Waals surface area contributed by atoms with E-state index >= 15 is 0 Å². The number of amides is 1. The number of thioether (sulfide) groups is 1. The Morgan fingerprint density at radius 2 is 1.94 bits per heavy atom. The molecule has 3 rings (SSSR count). The van der Waals surface area contributed by atoms with Crippen molar-refractivity contribution in [2.45, 2.75) is 45.5 Å². The fourth-order valence-corrected chi connectivity index (χ4v) is 4.88. The van der Waals surface area contributed by atoms with E-state index in [1.807, 2.05) is 62.6 Å². The number of carbonyl (C=O) groups excluding carboxylic acids is 1. The molecule has 3 aromatic rings. The molecule has 9 heteroatoms. The molecule has 2 aromatic carbocycles. The summed E-state index contributed by atoms with van der Waals surface area (Å²) < 4.78 is 8.93. The fourth-order valence-electron chi connectivity index (χ4n) is 3.20. The van der Waals surface area contributed by atoms with Gasteiger partial charge in [0.2, 0.25) is 5.91 Å². The van der Waals surface area contributed by atoms with Gasteiger partial charge in [-0.15, -0.1) is 10.2 Å². The highest BCUT2D eigenvalue weighted by molar-refractivity contribution is 9.10. The summed E-state index contributed by atoms with van der Waals surface area (Å²) in [6.45, 7) is 8.52. The van der Waals surface area contributed by atoms with E-state index in [0.29, 0.717) is 28.3 Å². The van der Waals surface area contributed by atoms with Crippen molar-refractivity contribution in [1.29, 1.82) is 0 Å². The molecule has 0 spiro atoms. The van der Waals surface area contributed by atoms with Gasteiger partial charge in [0.25, 0.3) is 0 Å². The van der Waals surface area contributed by atoms with E-state index in [1.165, 1.54) is 11.8 Å². The first-order valence-electron chi connectivity index (χ1n) is 9.83. The Balaban J connectivity index is 1.67. The van der Waals surface area contributed by atoms with Gasteiger partial charge in [0.1, 0.15) is 5.75 Å². The minimum absolute atomic E-state index is 0.0916. The number of ether oxygens (including phenoxy) is 1. The molecule has 6 nitrogen and oxygen atoms in total. The van der Waals surface area contributed by atoms with Crippen molar-refractivity contribution in [1.82, 2.24) is 14.8 Å². The zero-order valence-electron chi connectivity index (χ0n) is 17.8. The zero-order chi connectivity index (χ0) is 22.5. The summed E-state index contributed by atoms with van der Waals surface area (Å²) in [5.41, 5.74) is 2.86. The van der Waals surface area contributed by atoms with Gasteiger partial charge in [-0.2, -0.15) is 0 Å². The second kappa shape index (κ2) is 10.5. The maximum absolute atomic E-state index is 12.6. The normalized spacial score (nSPS) is 11.9. The summed E-state index contributed by atoms with van der Waals surface area (Å²) >= 11 is 11.0. The number of hydrogen-bond donors (Lipinski definition) is 1. The highest BCUT2D eigenvalue weighted by atomic mass is 79.9. The van der Waals surface area contributed by atoms with E-state index in [4.69, 9.17) is 16.3 Å². The Bertz CT molecular complexity index is 1070. The number of carbonyl (C=O) groups is 1. The maximum atomic E-state index is 12.6. The number of nitrogens with one attached hydrogen (secondary N) is 1. The van der Waals surface area contributed by atoms with Crippen LogP contribution in [0.4, 0.5) is 5.69 Å². The number of aryl methyl sites for hydroxylation is 2. The van der Waals surface area contributed by atoms with Crippen LogP contribution in [0.25, 0.3) is 0 Å². The predicted octanol–water partition coefficient (Wildman–Crippen LogP) is 6.20. The van der Waals surface area contributed by atoms with Crippen LogP contribution in [0.5, 0.6) is 5.75 Å². The number of para-hydroxylation sites is 1. The van der Waals surface area contributed by atoms with E-state index < -0.39 is 0 Å². The monoisotopic (exact) mass is 522 g/mol. The average Bonchev–Trinajstić information content (AvgIpc) is 3.14. The first kappa shape index (κ1) is 23.6. The summed E-state index contributed by atoms with van der Waals surface area (Å²) in [4.78, 5) is 12.6. The van der Waals surface area contributed by atoms with E-state index in [1.54, 1.807) is 6.07 Å². The molecule has 1 atom stereocenters. The molecule has 1 heterocycles. The minimum Gasteiger partial charge on any atom is -0.481 e. The molecule has 0 saturated carbocycles. The molecule has 1 aromatic heterocycles. The van der Waals surface area contributed by atoms with E-state index in [2.05, 4.69) is 31.4 Å².